The van der Waals surface area contributed by atoms with Crippen LogP contribution < -0.4 is 5.73 Å². The molecule has 0 aromatic heterocycles. The number of nitrogens with two attached hydrogens (primary N) is 1. The third-order valence-electron chi connectivity index (χ3n) is 1.78. The Morgan fingerprint density at radius 1 is 1.06 bits per heavy atom. The van der Waals surface area contributed by atoms with E-state index in [0.717, 1.165) is 0 Å². The van der Waals surface area contributed by atoms with Crippen molar-refractivity contribution >= 4 is 18.0 Å². The van der Waals surface area contributed by atoms with Gasteiger partial charge in [0.15, 0.2) is 0 Å². The molecule has 0 aromatic carbocycles. The van der Waals surface area contributed by atoms with Crippen molar-refractivity contribution in [2.24, 2.45) is 5.73 Å². The van der Waals surface area contributed by atoms with Crippen molar-refractivity contribution in [3.8, 4) is 0 Å². The third kappa shape index (κ3) is 4.18. The highest BCUT2D eigenvalue weighted by Crippen LogP contribution is 2.06. The van der Waals surface area contributed by atoms with E-state index in [4.69, 9.17) is 5.73 Å². The second-order valence-electron chi connectivity index (χ2n) is 3.00. The molecular formula is C9H16N2O7. The van der Waals surface area contributed by atoms with Crippen molar-refractivity contribution in [1.29, 1.82) is 0 Å². The van der Waals surface area contributed by atoms with E-state index in [1.54, 1.807) is 0 Å². The van der Waals surface area contributed by atoms with E-state index in [9.17, 15) is 24.6 Å². The Balaban J connectivity index is 4.90. The van der Waals surface area contributed by atoms with E-state index in [1.165, 1.54) is 13.8 Å². The lowest BCUT2D eigenvalue weighted by molar-refractivity contribution is -0.180. The van der Waals surface area contributed by atoms with Gasteiger partial charge in [0.1, 0.15) is 0 Å². The number of carbonyl (C=O) groups is 3. The van der Waals surface area contributed by atoms with Gasteiger partial charge in [0.05, 0.1) is 13.2 Å². The highest BCUT2D eigenvalue weighted by Gasteiger charge is 2.37. The van der Waals surface area contributed by atoms with Gasteiger partial charge in [-0.1, -0.05) is 0 Å². The first-order valence-corrected chi connectivity index (χ1v) is 5.13. The fourth-order valence-electron chi connectivity index (χ4n) is 1.04. The predicted molar refractivity (Wildman–Crippen MR) is 56.7 cm³/mol. The zero-order valence-electron chi connectivity index (χ0n) is 10.0. The number of hydrogen-bond donors (Lipinski definition) is 3. The number of rotatable bonds is 6. The molecule has 0 heterocycles. The molecular weight excluding hydrogens is 248 g/mol. The van der Waals surface area contributed by atoms with E-state index in [1.807, 2.05) is 0 Å². The van der Waals surface area contributed by atoms with Crippen molar-refractivity contribution in [1.82, 2.24) is 4.90 Å². The van der Waals surface area contributed by atoms with Crippen LogP contribution in [0.25, 0.3) is 0 Å². The molecule has 0 saturated heterocycles. The van der Waals surface area contributed by atoms with Gasteiger partial charge in [-0.25, -0.2) is 14.4 Å². The quantitative estimate of drug-likeness (QED) is 0.377. The van der Waals surface area contributed by atoms with Crippen molar-refractivity contribution in [2.45, 2.75) is 26.3 Å². The maximum Gasteiger partial charge on any atom is 0.356 e. The number of amides is 2. The molecule has 2 unspecified atom stereocenters. The number of carbonyl (C=O) groups excluding carboxylic acids is 3. The lowest BCUT2D eigenvalue weighted by atomic mass is 10.4. The minimum atomic E-state index is -2.19. The molecule has 18 heavy (non-hydrogen) atoms. The summed E-state index contributed by atoms with van der Waals surface area (Å²) in [6, 6.07) is -1.38. The Morgan fingerprint density at radius 3 is 1.61 bits per heavy atom. The van der Waals surface area contributed by atoms with Gasteiger partial charge in [0.2, 0.25) is 12.5 Å². The Bertz CT molecular complexity index is 296. The Kier molecular flexibility index (Phi) is 6.68. The lowest BCUT2D eigenvalue weighted by Crippen LogP contribution is -2.56. The average molecular weight is 264 g/mol. The smallest absolute Gasteiger partial charge is 0.356 e. The fourth-order valence-corrected chi connectivity index (χ4v) is 1.04. The first-order valence-electron chi connectivity index (χ1n) is 5.13. The molecule has 104 valence electrons. The van der Waals surface area contributed by atoms with E-state index >= 15 is 0 Å². The number of ether oxygens (including phenoxy) is 2. The lowest BCUT2D eigenvalue weighted by Gasteiger charge is -2.27. The SMILES string of the molecule is CCOC(=O)C(O)N(C(N)=O)C(O)C(=O)OCC. The van der Waals surface area contributed by atoms with E-state index in [0.29, 0.717) is 0 Å². The second kappa shape index (κ2) is 7.45. The minimum absolute atomic E-state index is 0.0516. The molecule has 2 amide bonds. The number of esters is 2. The average Bonchev–Trinajstić information content (AvgIpc) is 2.29. The highest BCUT2D eigenvalue weighted by atomic mass is 16.6. The first kappa shape index (κ1) is 16.1. The summed E-state index contributed by atoms with van der Waals surface area (Å²) in [5.41, 5.74) is 4.86. The van der Waals surface area contributed by atoms with Gasteiger partial charge >= 0.3 is 18.0 Å². The minimum Gasteiger partial charge on any atom is -0.463 e. The Labute approximate surface area is 103 Å². The summed E-state index contributed by atoms with van der Waals surface area (Å²) in [4.78, 5) is 33.4. The number of hydrogen-bond acceptors (Lipinski definition) is 7. The highest BCUT2D eigenvalue weighted by molar-refractivity contribution is 5.86. The number of aliphatic hydroxyl groups is 2. The number of urea groups is 1. The molecule has 0 aromatic rings. The van der Waals surface area contributed by atoms with Crippen LogP contribution in [0, 0.1) is 0 Å². The van der Waals surface area contributed by atoms with Crippen LogP contribution in [0.5, 0.6) is 0 Å². The molecule has 0 bridgehead atoms. The van der Waals surface area contributed by atoms with Gasteiger partial charge in [-0.3, -0.25) is 4.90 Å². The summed E-state index contributed by atoms with van der Waals surface area (Å²) in [6.45, 7) is 2.83. The van der Waals surface area contributed by atoms with Crippen molar-refractivity contribution in [2.75, 3.05) is 13.2 Å². The van der Waals surface area contributed by atoms with Gasteiger partial charge in [-0.05, 0) is 13.8 Å². The molecule has 0 fully saturated rings. The summed E-state index contributed by atoms with van der Waals surface area (Å²) in [7, 11) is 0. The normalized spacial score (nSPS) is 13.3. The molecule has 0 aliphatic rings. The van der Waals surface area contributed by atoms with E-state index in [2.05, 4.69) is 9.47 Å². The molecule has 0 spiro atoms. The summed E-state index contributed by atoms with van der Waals surface area (Å²) in [5, 5.41) is 18.9. The number of primary amides is 1. The first-order chi connectivity index (χ1) is 8.36. The Hall–Kier alpha value is -1.87. The van der Waals surface area contributed by atoms with Crippen LogP contribution in [0.3, 0.4) is 0 Å². The van der Waals surface area contributed by atoms with Gasteiger partial charge < -0.3 is 25.4 Å². The summed E-state index contributed by atoms with van der Waals surface area (Å²) in [6.07, 6.45) is -4.39. The Morgan fingerprint density at radius 2 is 1.39 bits per heavy atom. The van der Waals surface area contributed by atoms with Crippen LogP contribution in [0.1, 0.15) is 13.8 Å². The van der Waals surface area contributed by atoms with E-state index in [-0.39, 0.29) is 18.1 Å². The largest absolute Gasteiger partial charge is 0.463 e. The predicted octanol–water partition coefficient (Wildman–Crippen LogP) is -1.87. The maximum absolute atomic E-state index is 11.2. The maximum atomic E-state index is 11.2. The molecule has 0 aliphatic carbocycles. The van der Waals surface area contributed by atoms with Crippen LogP contribution in [-0.2, 0) is 19.1 Å². The van der Waals surface area contributed by atoms with Gasteiger partial charge in [0.25, 0.3) is 0 Å². The van der Waals surface area contributed by atoms with Crippen LogP contribution in [0.2, 0.25) is 0 Å². The van der Waals surface area contributed by atoms with E-state index < -0.39 is 30.4 Å². The number of aliphatic hydroxyl groups excluding tert-OH is 2. The topological polar surface area (TPSA) is 139 Å². The van der Waals surface area contributed by atoms with Gasteiger partial charge in [0, 0.05) is 0 Å². The third-order valence-corrected chi connectivity index (χ3v) is 1.78. The van der Waals surface area contributed by atoms with Gasteiger partial charge in [-0.15, -0.1) is 0 Å². The molecule has 0 saturated carbocycles. The van der Waals surface area contributed by atoms with Gasteiger partial charge in [-0.2, -0.15) is 0 Å². The summed E-state index contributed by atoms with van der Waals surface area (Å²) in [5.74, 6) is -2.45. The van der Waals surface area contributed by atoms with Crippen LogP contribution in [0.4, 0.5) is 4.79 Å². The molecule has 9 heteroatoms. The molecule has 0 aliphatic heterocycles. The monoisotopic (exact) mass is 264 g/mol. The fraction of sp³-hybridized carbons (Fsp3) is 0.667. The van der Waals surface area contributed by atoms with Crippen LogP contribution in [0.15, 0.2) is 0 Å². The molecule has 4 N–H and O–H groups in total. The molecule has 0 radical (unpaired) electrons. The standard InChI is InChI=1S/C9H16N2O7/c1-3-17-7(14)5(12)11(9(10)16)6(13)8(15)18-4-2/h5-6,12-13H,3-4H2,1-2H3,(H2,10,16). The van der Waals surface area contributed by atoms with Crippen LogP contribution in [-0.4, -0.2) is 58.8 Å². The second-order valence-corrected chi connectivity index (χ2v) is 3.00. The van der Waals surface area contributed by atoms with Crippen molar-refractivity contribution in [3.05, 3.63) is 0 Å². The summed E-state index contributed by atoms with van der Waals surface area (Å²) >= 11 is 0. The zero-order valence-corrected chi connectivity index (χ0v) is 10.0. The summed E-state index contributed by atoms with van der Waals surface area (Å²) < 4.78 is 8.85. The van der Waals surface area contributed by atoms with Crippen LogP contribution >= 0.6 is 0 Å². The van der Waals surface area contributed by atoms with Crippen molar-refractivity contribution < 1.29 is 34.1 Å². The molecule has 0 rings (SSSR count). The zero-order chi connectivity index (χ0) is 14.3. The van der Waals surface area contributed by atoms with Crippen molar-refractivity contribution in [3.63, 3.8) is 0 Å². The molecule has 2 atom stereocenters. The molecule has 9 nitrogen and oxygen atoms in total. The number of nitrogens with zero attached hydrogens (tertiary/aromatic N) is 1.